The number of hydrogen-bond donors (Lipinski definition) is 2. The Hall–Kier alpha value is -1.06. The van der Waals surface area contributed by atoms with Gasteiger partial charge < -0.3 is 10.4 Å². The van der Waals surface area contributed by atoms with Gasteiger partial charge in [-0.25, -0.2) is 4.79 Å². The lowest BCUT2D eigenvalue weighted by molar-refractivity contribution is -0.142. The van der Waals surface area contributed by atoms with Crippen molar-refractivity contribution in [3.05, 3.63) is 0 Å². The maximum Gasteiger partial charge on any atom is 0.329 e. The van der Waals surface area contributed by atoms with Crippen LogP contribution < -0.4 is 5.32 Å². The van der Waals surface area contributed by atoms with Crippen molar-refractivity contribution in [2.24, 2.45) is 5.92 Å². The normalized spacial score (nSPS) is 42.4. The van der Waals surface area contributed by atoms with Crippen molar-refractivity contribution in [1.82, 2.24) is 5.32 Å². The van der Waals surface area contributed by atoms with Crippen LogP contribution in [0.1, 0.15) is 12.8 Å². The largest absolute Gasteiger partial charge is 0.479 e. The van der Waals surface area contributed by atoms with Crippen molar-refractivity contribution in [1.29, 1.82) is 0 Å². The van der Waals surface area contributed by atoms with E-state index in [-0.39, 0.29) is 11.8 Å². The van der Waals surface area contributed by atoms with Gasteiger partial charge in [-0.15, -0.1) is 0 Å². The van der Waals surface area contributed by atoms with Gasteiger partial charge in [0.2, 0.25) is 5.91 Å². The van der Waals surface area contributed by atoms with Crippen molar-refractivity contribution in [2.45, 2.75) is 18.4 Å². The molecule has 0 radical (unpaired) electrons. The summed E-state index contributed by atoms with van der Waals surface area (Å²) < 4.78 is 0. The fourth-order valence-electron chi connectivity index (χ4n) is 1.57. The average molecular weight is 141 g/mol. The molecule has 0 bridgehead atoms. The molecule has 1 saturated carbocycles. The SMILES string of the molecule is O=C1C[C@H]2C[C@@]2(C(=O)O)N1. The molecule has 2 aliphatic rings. The standard InChI is InChI=1S/C6H7NO3/c8-4-1-3-2-6(3,7-4)5(9)10/h3H,1-2H2,(H,7,8)(H,9,10)/t3-,6+/m0/s1. The molecule has 1 aliphatic carbocycles. The summed E-state index contributed by atoms with van der Waals surface area (Å²) in [6.45, 7) is 0. The molecule has 1 aliphatic heterocycles. The van der Waals surface area contributed by atoms with Gasteiger partial charge >= 0.3 is 5.97 Å². The first kappa shape index (κ1) is 5.70. The third kappa shape index (κ3) is 0.465. The molecule has 2 atom stereocenters. The van der Waals surface area contributed by atoms with E-state index in [1.807, 2.05) is 0 Å². The number of aliphatic carboxylic acids is 1. The Morgan fingerprint density at radius 3 is 2.80 bits per heavy atom. The molecule has 2 fully saturated rings. The predicted octanol–water partition coefficient (Wildman–Crippen LogP) is -0.650. The van der Waals surface area contributed by atoms with E-state index in [9.17, 15) is 9.59 Å². The van der Waals surface area contributed by atoms with Crippen LogP contribution in [0.5, 0.6) is 0 Å². The van der Waals surface area contributed by atoms with E-state index in [0.717, 1.165) is 0 Å². The Bertz CT molecular complexity index is 225. The molecule has 0 aromatic carbocycles. The number of carboxylic acids is 1. The van der Waals surface area contributed by atoms with Gasteiger partial charge in [0.25, 0.3) is 0 Å². The number of rotatable bonds is 1. The first-order chi connectivity index (χ1) is 4.65. The van der Waals surface area contributed by atoms with Crippen molar-refractivity contribution in [3.8, 4) is 0 Å². The molecule has 1 heterocycles. The van der Waals surface area contributed by atoms with Crippen molar-refractivity contribution < 1.29 is 14.7 Å². The molecule has 0 aromatic heterocycles. The molecule has 2 N–H and O–H groups in total. The number of piperidine rings is 1. The van der Waals surface area contributed by atoms with E-state index in [1.165, 1.54) is 0 Å². The first-order valence-electron chi connectivity index (χ1n) is 3.19. The number of carbonyl (C=O) groups excluding carboxylic acids is 1. The van der Waals surface area contributed by atoms with Gasteiger partial charge in [-0.2, -0.15) is 0 Å². The lowest BCUT2D eigenvalue weighted by Gasteiger charge is -2.04. The number of hydrogen-bond acceptors (Lipinski definition) is 2. The smallest absolute Gasteiger partial charge is 0.329 e. The summed E-state index contributed by atoms with van der Waals surface area (Å²) in [5.74, 6) is -0.945. The van der Waals surface area contributed by atoms with Gasteiger partial charge in [-0.1, -0.05) is 0 Å². The van der Waals surface area contributed by atoms with Gasteiger partial charge in [0.15, 0.2) is 0 Å². The number of amides is 1. The second kappa shape index (κ2) is 1.33. The van der Waals surface area contributed by atoms with Crippen LogP contribution >= 0.6 is 0 Å². The van der Waals surface area contributed by atoms with E-state index < -0.39 is 11.5 Å². The zero-order valence-corrected chi connectivity index (χ0v) is 5.26. The predicted molar refractivity (Wildman–Crippen MR) is 31.2 cm³/mol. The van der Waals surface area contributed by atoms with Crippen LogP contribution in [-0.4, -0.2) is 22.5 Å². The third-order valence-corrected chi connectivity index (χ3v) is 2.28. The highest BCUT2D eigenvalue weighted by atomic mass is 16.4. The molecule has 4 nitrogen and oxygen atoms in total. The van der Waals surface area contributed by atoms with Gasteiger partial charge in [0, 0.05) is 12.3 Å². The number of fused-ring (bicyclic) bond motifs is 1. The number of carboxylic acid groups (broad SMARTS) is 1. The number of nitrogens with one attached hydrogen (secondary N) is 1. The zero-order valence-electron chi connectivity index (χ0n) is 5.26. The van der Waals surface area contributed by atoms with Crippen molar-refractivity contribution in [3.63, 3.8) is 0 Å². The Labute approximate surface area is 57.2 Å². The zero-order chi connectivity index (χ0) is 7.35. The lowest BCUT2D eigenvalue weighted by atomic mass is 10.2. The summed E-state index contributed by atoms with van der Waals surface area (Å²) in [4.78, 5) is 21.1. The van der Waals surface area contributed by atoms with Crippen molar-refractivity contribution >= 4 is 11.9 Å². The fraction of sp³-hybridized carbons (Fsp3) is 0.667. The highest BCUT2D eigenvalue weighted by Gasteiger charge is 2.66. The van der Waals surface area contributed by atoms with E-state index in [2.05, 4.69) is 5.32 Å². The second-order valence-corrected chi connectivity index (χ2v) is 2.93. The quantitative estimate of drug-likeness (QED) is 0.510. The van der Waals surface area contributed by atoms with E-state index >= 15 is 0 Å². The molecular weight excluding hydrogens is 134 g/mol. The molecule has 1 amide bonds. The minimum absolute atomic E-state index is 0.0671. The van der Waals surface area contributed by atoms with Crippen LogP contribution in [-0.2, 0) is 9.59 Å². The van der Waals surface area contributed by atoms with E-state index in [0.29, 0.717) is 12.8 Å². The van der Waals surface area contributed by atoms with Gasteiger partial charge in [0.05, 0.1) is 0 Å². The van der Waals surface area contributed by atoms with E-state index in [1.54, 1.807) is 0 Å². The maximum atomic E-state index is 10.6. The molecule has 4 heteroatoms. The van der Waals surface area contributed by atoms with Crippen molar-refractivity contribution in [2.75, 3.05) is 0 Å². The minimum atomic E-state index is -0.886. The molecule has 0 aromatic rings. The molecule has 54 valence electrons. The molecule has 0 spiro atoms. The summed E-state index contributed by atoms with van der Waals surface area (Å²) in [6, 6.07) is 0. The van der Waals surface area contributed by atoms with Crippen LogP contribution in [0.2, 0.25) is 0 Å². The summed E-state index contributed by atoms with van der Waals surface area (Å²) >= 11 is 0. The molecular formula is C6H7NO3. The third-order valence-electron chi connectivity index (χ3n) is 2.28. The Balaban J connectivity index is 2.23. The van der Waals surface area contributed by atoms with Crippen LogP contribution in [0, 0.1) is 5.92 Å². The number of carbonyl (C=O) groups is 2. The monoisotopic (exact) mass is 141 g/mol. The maximum absolute atomic E-state index is 10.6. The molecule has 1 saturated heterocycles. The molecule has 2 rings (SSSR count). The van der Waals surface area contributed by atoms with Crippen LogP contribution in [0.4, 0.5) is 0 Å². The molecule has 0 unspecified atom stereocenters. The van der Waals surface area contributed by atoms with Gasteiger partial charge in [-0.3, -0.25) is 4.79 Å². The Kier molecular flexibility index (Phi) is 0.760. The highest BCUT2D eigenvalue weighted by molar-refractivity contribution is 5.95. The Morgan fingerprint density at radius 1 is 1.80 bits per heavy atom. The van der Waals surface area contributed by atoms with E-state index in [4.69, 9.17) is 5.11 Å². The van der Waals surface area contributed by atoms with Gasteiger partial charge in [0.1, 0.15) is 5.54 Å². The summed E-state index contributed by atoms with van der Waals surface area (Å²) in [6.07, 6.45) is 1.01. The highest BCUT2D eigenvalue weighted by Crippen LogP contribution is 2.50. The van der Waals surface area contributed by atoms with Crippen LogP contribution in [0.15, 0.2) is 0 Å². The van der Waals surface area contributed by atoms with Crippen LogP contribution in [0.25, 0.3) is 0 Å². The average Bonchev–Trinajstić information content (AvgIpc) is 2.37. The Morgan fingerprint density at radius 2 is 2.50 bits per heavy atom. The second-order valence-electron chi connectivity index (χ2n) is 2.93. The minimum Gasteiger partial charge on any atom is -0.479 e. The van der Waals surface area contributed by atoms with Crippen LogP contribution in [0.3, 0.4) is 0 Å². The molecule has 10 heavy (non-hydrogen) atoms. The fourth-order valence-corrected chi connectivity index (χ4v) is 1.57. The summed E-state index contributed by atoms with van der Waals surface area (Å²) in [7, 11) is 0. The summed E-state index contributed by atoms with van der Waals surface area (Å²) in [5, 5.41) is 11.1. The first-order valence-corrected chi connectivity index (χ1v) is 3.19. The van der Waals surface area contributed by atoms with Gasteiger partial charge in [-0.05, 0) is 6.42 Å². The lowest BCUT2D eigenvalue weighted by Crippen LogP contribution is -2.39. The summed E-state index contributed by atoms with van der Waals surface area (Å²) in [5.41, 5.74) is -0.850. The topological polar surface area (TPSA) is 66.4 Å².